The normalized spacial score (nSPS) is 28.8. The van der Waals surface area contributed by atoms with Gasteiger partial charge in [-0.2, -0.15) is 11.8 Å². The van der Waals surface area contributed by atoms with E-state index in [2.05, 4.69) is 23.5 Å². The molecule has 3 heteroatoms. The van der Waals surface area contributed by atoms with E-state index < -0.39 is 0 Å². The van der Waals surface area contributed by atoms with Gasteiger partial charge in [0, 0.05) is 17.4 Å². The van der Waals surface area contributed by atoms with Crippen LogP contribution in [0.5, 0.6) is 5.75 Å². The summed E-state index contributed by atoms with van der Waals surface area (Å²) < 4.78 is 5.65. The summed E-state index contributed by atoms with van der Waals surface area (Å²) in [6, 6.07) is 9.43. The minimum Gasteiger partial charge on any atom is -0.491 e. The van der Waals surface area contributed by atoms with Gasteiger partial charge in [0.1, 0.15) is 12.4 Å². The Morgan fingerprint density at radius 2 is 2.27 bits per heavy atom. The van der Waals surface area contributed by atoms with Crippen LogP contribution in [0.1, 0.15) is 18.0 Å². The van der Waals surface area contributed by atoms with Crippen LogP contribution in [0.15, 0.2) is 24.3 Å². The fraction of sp³-hybridized carbons (Fsp3) is 0.500. The lowest BCUT2D eigenvalue weighted by atomic mass is 10.1. The van der Waals surface area contributed by atoms with Crippen LogP contribution in [0.4, 0.5) is 0 Å². The van der Waals surface area contributed by atoms with E-state index in [0.717, 1.165) is 12.4 Å². The molecule has 0 radical (unpaired) electrons. The lowest BCUT2D eigenvalue weighted by molar-refractivity contribution is 0.301. The van der Waals surface area contributed by atoms with Crippen LogP contribution < -0.4 is 10.1 Å². The van der Waals surface area contributed by atoms with E-state index in [0.29, 0.717) is 12.1 Å². The van der Waals surface area contributed by atoms with Crippen LogP contribution in [-0.2, 0) is 0 Å². The molecule has 1 saturated heterocycles. The summed E-state index contributed by atoms with van der Waals surface area (Å²) in [7, 11) is 0. The molecular formula is C12H15NOS. The SMILES string of the molecule is c1ccc2c(c1)OCC2NC1CCSC1. The molecule has 2 nitrogen and oxygen atoms in total. The minimum absolute atomic E-state index is 0.407. The molecule has 15 heavy (non-hydrogen) atoms. The Morgan fingerprint density at radius 3 is 3.13 bits per heavy atom. The molecule has 1 aromatic carbocycles. The molecule has 0 saturated carbocycles. The average Bonchev–Trinajstić information content (AvgIpc) is 2.89. The molecule has 2 unspecified atom stereocenters. The fourth-order valence-corrected chi connectivity index (χ4v) is 3.42. The number of thioether (sulfide) groups is 1. The van der Waals surface area contributed by atoms with E-state index in [1.165, 1.54) is 23.5 Å². The highest BCUT2D eigenvalue weighted by atomic mass is 32.2. The van der Waals surface area contributed by atoms with Gasteiger partial charge in [-0.25, -0.2) is 0 Å². The molecule has 0 bridgehead atoms. The summed E-state index contributed by atoms with van der Waals surface area (Å²) in [4.78, 5) is 0. The summed E-state index contributed by atoms with van der Waals surface area (Å²) in [6.45, 7) is 0.792. The quantitative estimate of drug-likeness (QED) is 0.827. The predicted octanol–water partition coefficient (Wildman–Crippen LogP) is 2.22. The third kappa shape index (κ3) is 1.86. The highest BCUT2D eigenvalue weighted by Gasteiger charge is 2.27. The first kappa shape index (κ1) is 9.55. The third-order valence-corrected chi connectivity index (χ3v) is 4.23. The van der Waals surface area contributed by atoms with Gasteiger partial charge in [-0.3, -0.25) is 0 Å². The molecule has 1 aromatic rings. The van der Waals surface area contributed by atoms with Gasteiger partial charge < -0.3 is 10.1 Å². The van der Waals surface area contributed by atoms with Gasteiger partial charge in [0.2, 0.25) is 0 Å². The highest BCUT2D eigenvalue weighted by molar-refractivity contribution is 7.99. The van der Waals surface area contributed by atoms with Gasteiger partial charge in [0.25, 0.3) is 0 Å². The Balaban J connectivity index is 1.73. The van der Waals surface area contributed by atoms with Crippen molar-refractivity contribution >= 4 is 11.8 Å². The second kappa shape index (κ2) is 4.06. The van der Waals surface area contributed by atoms with E-state index >= 15 is 0 Å². The number of para-hydroxylation sites is 1. The second-order valence-corrected chi connectivity index (χ2v) is 5.28. The standard InChI is InChI=1S/C12H15NOS/c1-2-4-12-10(3-1)11(7-14-12)13-9-5-6-15-8-9/h1-4,9,11,13H,5-8H2. The van der Waals surface area contributed by atoms with E-state index in [9.17, 15) is 0 Å². The van der Waals surface area contributed by atoms with Crippen molar-refractivity contribution in [2.75, 3.05) is 18.1 Å². The second-order valence-electron chi connectivity index (χ2n) is 4.13. The zero-order valence-electron chi connectivity index (χ0n) is 8.61. The zero-order valence-corrected chi connectivity index (χ0v) is 9.43. The summed E-state index contributed by atoms with van der Waals surface area (Å²) >= 11 is 2.04. The molecule has 2 aliphatic rings. The van der Waals surface area contributed by atoms with E-state index in [1.54, 1.807) is 0 Å². The summed E-state index contributed by atoms with van der Waals surface area (Å²) in [5, 5.41) is 3.69. The van der Waals surface area contributed by atoms with Crippen LogP contribution in [0.2, 0.25) is 0 Å². The van der Waals surface area contributed by atoms with Crippen LogP contribution in [0, 0.1) is 0 Å². The van der Waals surface area contributed by atoms with Crippen molar-refractivity contribution in [2.24, 2.45) is 0 Å². The number of ether oxygens (including phenoxy) is 1. The highest BCUT2D eigenvalue weighted by Crippen LogP contribution is 2.33. The Bertz CT molecular complexity index is 349. The molecule has 2 aliphatic heterocycles. The smallest absolute Gasteiger partial charge is 0.124 e. The van der Waals surface area contributed by atoms with Crippen molar-refractivity contribution < 1.29 is 4.74 Å². The lowest BCUT2D eigenvalue weighted by Crippen LogP contribution is -2.33. The molecule has 1 N–H and O–H groups in total. The van der Waals surface area contributed by atoms with Crippen LogP contribution >= 0.6 is 11.8 Å². The molecular weight excluding hydrogens is 206 g/mol. The van der Waals surface area contributed by atoms with Gasteiger partial charge >= 0.3 is 0 Å². The molecule has 1 fully saturated rings. The monoisotopic (exact) mass is 221 g/mol. The molecule has 0 aliphatic carbocycles. The minimum atomic E-state index is 0.407. The van der Waals surface area contributed by atoms with Crippen LogP contribution in [-0.4, -0.2) is 24.2 Å². The molecule has 80 valence electrons. The van der Waals surface area contributed by atoms with E-state index in [1.807, 2.05) is 17.8 Å². The maximum atomic E-state index is 5.65. The first-order valence-electron chi connectivity index (χ1n) is 5.49. The van der Waals surface area contributed by atoms with Gasteiger partial charge in [-0.15, -0.1) is 0 Å². The lowest BCUT2D eigenvalue weighted by Gasteiger charge is -2.16. The zero-order chi connectivity index (χ0) is 10.1. The maximum Gasteiger partial charge on any atom is 0.124 e. The van der Waals surface area contributed by atoms with Crippen molar-refractivity contribution in [3.8, 4) is 5.75 Å². The van der Waals surface area contributed by atoms with Gasteiger partial charge in [-0.1, -0.05) is 18.2 Å². The van der Waals surface area contributed by atoms with Gasteiger partial charge in [0.15, 0.2) is 0 Å². The topological polar surface area (TPSA) is 21.3 Å². The largest absolute Gasteiger partial charge is 0.491 e. The molecule has 2 heterocycles. The van der Waals surface area contributed by atoms with E-state index in [-0.39, 0.29) is 0 Å². The average molecular weight is 221 g/mol. The summed E-state index contributed by atoms with van der Waals surface area (Å²) in [5.41, 5.74) is 1.33. The number of fused-ring (bicyclic) bond motifs is 1. The first-order valence-corrected chi connectivity index (χ1v) is 6.64. The number of nitrogens with one attached hydrogen (secondary N) is 1. The molecule has 2 atom stereocenters. The summed E-state index contributed by atoms with van der Waals surface area (Å²) in [5.74, 6) is 3.60. The Kier molecular flexibility index (Phi) is 2.59. The van der Waals surface area contributed by atoms with Crippen molar-refractivity contribution in [1.29, 1.82) is 0 Å². The molecule has 0 aromatic heterocycles. The van der Waals surface area contributed by atoms with E-state index in [4.69, 9.17) is 4.74 Å². The molecule has 0 amide bonds. The number of benzene rings is 1. The Labute approximate surface area is 94.4 Å². The number of hydrogen-bond donors (Lipinski definition) is 1. The van der Waals surface area contributed by atoms with Gasteiger partial charge in [-0.05, 0) is 18.2 Å². The van der Waals surface area contributed by atoms with Crippen molar-refractivity contribution in [1.82, 2.24) is 5.32 Å². The van der Waals surface area contributed by atoms with Crippen molar-refractivity contribution in [3.63, 3.8) is 0 Å². The Hall–Kier alpha value is -0.670. The molecule has 0 spiro atoms. The van der Waals surface area contributed by atoms with Crippen LogP contribution in [0.25, 0.3) is 0 Å². The van der Waals surface area contributed by atoms with Crippen molar-refractivity contribution in [3.05, 3.63) is 29.8 Å². The number of hydrogen-bond acceptors (Lipinski definition) is 3. The van der Waals surface area contributed by atoms with Gasteiger partial charge in [0.05, 0.1) is 6.04 Å². The Morgan fingerprint density at radius 1 is 1.33 bits per heavy atom. The fourth-order valence-electron chi connectivity index (χ4n) is 2.25. The molecule has 3 rings (SSSR count). The summed E-state index contributed by atoms with van der Waals surface area (Å²) in [6.07, 6.45) is 1.29. The van der Waals surface area contributed by atoms with Crippen molar-refractivity contribution in [2.45, 2.75) is 18.5 Å². The third-order valence-electron chi connectivity index (χ3n) is 3.07. The van der Waals surface area contributed by atoms with Crippen LogP contribution in [0.3, 0.4) is 0 Å². The predicted molar refractivity (Wildman–Crippen MR) is 63.5 cm³/mol. The number of rotatable bonds is 2. The maximum absolute atomic E-state index is 5.65. The first-order chi connectivity index (χ1) is 7.43.